The lowest BCUT2D eigenvalue weighted by Gasteiger charge is -2.41. The van der Waals surface area contributed by atoms with Crippen LogP contribution in [-0.4, -0.2) is 48.3 Å². The van der Waals surface area contributed by atoms with Crippen LogP contribution in [0.5, 0.6) is 0 Å². The summed E-state index contributed by atoms with van der Waals surface area (Å²) < 4.78 is 11.1. The van der Waals surface area contributed by atoms with Crippen LogP contribution in [0.1, 0.15) is 20.8 Å². The summed E-state index contributed by atoms with van der Waals surface area (Å²) in [7, 11) is 1.63. The van der Waals surface area contributed by atoms with Gasteiger partial charge in [-0.1, -0.05) is 24.3 Å². The second-order valence-corrected chi connectivity index (χ2v) is 5.19. The lowest BCUT2D eigenvalue weighted by atomic mass is 9.90. The largest absolute Gasteiger partial charge is 0.372 e. The Morgan fingerprint density at radius 2 is 2.16 bits per heavy atom. The number of allylic oxidation sites excluding steroid dienone is 2. The fraction of sp³-hybridized carbons (Fsp3) is 0.643. The van der Waals surface area contributed by atoms with E-state index in [9.17, 15) is 4.79 Å². The smallest absolute Gasteiger partial charge is 0.239 e. The first-order chi connectivity index (χ1) is 8.94. The summed E-state index contributed by atoms with van der Waals surface area (Å²) in [6.07, 6.45) is 7.71. The Bertz CT molecular complexity index is 368. The molecular weight excluding hydrogens is 266 g/mol. The van der Waals surface area contributed by atoms with E-state index in [1.165, 1.54) is 0 Å². The van der Waals surface area contributed by atoms with Crippen molar-refractivity contribution in [3.05, 3.63) is 24.3 Å². The third-order valence-corrected chi connectivity index (χ3v) is 3.40. The van der Waals surface area contributed by atoms with Crippen molar-refractivity contribution in [1.29, 1.82) is 0 Å². The number of carbonyl (C=O) groups is 1. The summed E-state index contributed by atoms with van der Waals surface area (Å²) in [5.41, 5.74) is -0.573. The topological polar surface area (TPSA) is 38.8 Å². The Kier molecular flexibility index (Phi) is 6.04. The number of carbonyl (C=O) groups excluding carboxylic acids is 1. The van der Waals surface area contributed by atoms with Crippen molar-refractivity contribution in [3.63, 3.8) is 0 Å². The molecule has 0 heterocycles. The molecule has 108 valence electrons. The van der Waals surface area contributed by atoms with E-state index in [4.69, 9.17) is 21.1 Å². The minimum absolute atomic E-state index is 0.0440. The summed E-state index contributed by atoms with van der Waals surface area (Å²) >= 11 is 5.69. The van der Waals surface area contributed by atoms with Crippen molar-refractivity contribution < 1.29 is 14.3 Å². The monoisotopic (exact) mass is 287 g/mol. The van der Waals surface area contributed by atoms with E-state index in [0.717, 1.165) is 0 Å². The van der Waals surface area contributed by atoms with Crippen LogP contribution >= 0.6 is 11.6 Å². The van der Waals surface area contributed by atoms with Crippen LogP contribution in [0.15, 0.2) is 24.3 Å². The lowest BCUT2D eigenvalue weighted by Crippen LogP contribution is -2.54. The molecule has 0 N–H and O–H groups in total. The minimum Gasteiger partial charge on any atom is -0.372 e. The van der Waals surface area contributed by atoms with Gasteiger partial charge in [0.25, 0.3) is 0 Å². The Morgan fingerprint density at radius 3 is 2.68 bits per heavy atom. The highest BCUT2D eigenvalue weighted by Gasteiger charge is 2.38. The molecule has 0 spiro atoms. The number of nitrogens with zero attached hydrogens (tertiary/aromatic N) is 1. The van der Waals surface area contributed by atoms with Gasteiger partial charge in [0.15, 0.2) is 0 Å². The molecule has 0 radical (unpaired) electrons. The van der Waals surface area contributed by atoms with Crippen molar-refractivity contribution in [3.8, 4) is 0 Å². The van der Waals surface area contributed by atoms with Crippen molar-refractivity contribution >= 4 is 17.5 Å². The molecule has 0 bridgehead atoms. The van der Waals surface area contributed by atoms with E-state index < -0.39 is 5.60 Å². The van der Waals surface area contributed by atoms with Gasteiger partial charge in [0.05, 0.1) is 12.1 Å². The summed E-state index contributed by atoms with van der Waals surface area (Å²) in [4.78, 5) is 13.6. The maximum Gasteiger partial charge on any atom is 0.239 e. The number of halogens is 1. The zero-order valence-electron chi connectivity index (χ0n) is 11.9. The molecule has 19 heavy (non-hydrogen) atoms. The van der Waals surface area contributed by atoms with Gasteiger partial charge in [-0.05, 0) is 20.8 Å². The Balaban J connectivity index is 2.92. The van der Waals surface area contributed by atoms with E-state index in [1.54, 1.807) is 12.0 Å². The molecule has 0 fully saturated rings. The molecule has 1 amide bonds. The van der Waals surface area contributed by atoms with Gasteiger partial charge in [-0.25, -0.2) is 0 Å². The van der Waals surface area contributed by atoms with Crippen molar-refractivity contribution in [1.82, 2.24) is 4.90 Å². The Labute approximate surface area is 120 Å². The molecular formula is C14H22ClNO3. The average molecular weight is 288 g/mol. The predicted molar refractivity (Wildman–Crippen MR) is 76.1 cm³/mol. The van der Waals surface area contributed by atoms with Gasteiger partial charge in [-0.3, -0.25) is 4.79 Å². The number of rotatable bonds is 6. The number of hydrogen-bond acceptors (Lipinski definition) is 3. The van der Waals surface area contributed by atoms with Crippen LogP contribution in [-0.2, 0) is 14.3 Å². The number of alkyl halides is 1. The summed E-state index contributed by atoms with van der Waals surface area (Å²) in [6.45, 7) is 5.98. The number of hydrogen-bond donors (Lipinski definition) is 0. The summed E-state index contributed by atoms with van der Waals surface area (Å²) in [6, 6.07) is -0.229. The highest BCUT2D eigenvalue weighted by atomic mass is 35.5. The number of methoxy groups -OCH3 is 1. The molecule has 0 aromatic rings. The van der Waals surface area contributed by atoms with Gasteiger partial charge < -0.3 is 14.4 Å². The van der Waals surface area contributed by atoms with E-state index in [0.29, 0.717) is 0 Å². The van der Waals surface area contributed by atoms with Crippen LogP contribution in [0, 0.1) is 0 Å². The molecule has 0 saturated carbocycles. The van der Waals surface area contributed by atoms with Gasteiger partial charge in [0.1, 0.15) is 18.2 Å². The van der Waals surface area contributed by atoms with Gasteiger partial charge in [0.2, 0.25) is 5.91 Å². The van der Waals surface area contributed by atoms with Crippen molar-refractivity contribution in [2.75, 3.05) is 19.7 Å². The molecule has 1 aliphatic carbocycles. The lowest BCUT2D eigenvalue weighted by molar-refractivity contribution is -0.144. The molecule has 1 aliphatic rings. The number of amides is 1. The summed E-state index contributed by atoms with van der Waals surface area (Å²) in [5, 5.41) is 0. The summed E-state index contributed by atoms with van der Waals surface area (Å²) in [5.74, 6) is -0.245. The normalized spacial score (nSPS) is 25.9. The predicted octanol–water partition coefficient (Wildman–Crippen LogP) is 2.34. The average Bonchev–Trinajstić information content (AvgIpc) is 2.40. The Morgan fingerprint density at radius 1 is 1.47 bits per heavy atom. The third kappa shape index (κ3) is 4.06. The quantitative estimate of drug-likeness (QED) is 0.556. The molecule has 0 saturated heterocycles. The Hall–Kier alpha value is -0.840. The van der Waals surface area contributed by atoms with Crippen LogP contribution < -0.4 is 0 Å². The zero-order valence-corrected chi connectivity index (χ0v) is 12.7. The van der Waals surface area contributed by atoms with E-state index in [2.05, 4.69) is 0 Å². The maximum absolute atomic E-state index is 12.0. The van der Waals surface area contributed by atoms with E-state index in [-0.39, 0.29) is 30.7 Å². The van der Waals surface area contributed by atoms with Crippen LogP contribution in [0.2, 0.25) is 0 Å². The fourth-order valence-corrected chi connectivity index (χ4v) is 2.07. The van der Waals surface area contributed by atoms with Gasteiger partial charge >= 0.3 is 0 Å². The molecule has 1 rings (SSSR count). The second-order valence-electron chi connectivity index (χ2n) is 4.92. The highest BCUT2D eigenvalue weighted by Crippen LogP contribution is 2.26. The molecule has 2 atom stereocenters. The van der Waals surface area contributed by atoms with E-state index >= 15 is 0 Å². The highest BCUT2D eigenvalue weighted by molar-refractivity contribution is 6.27. The molecule has 5 heteroatoms. The number of ether oxygens (including phenoxy) is 2. The molecule has 0 aromatic carbocycles. The fourth-order valence-electron chi connectivity index (χ4n) is 1.92. The minimum atomic E-state index is -0.573. The SMILES string of the molecule is COC1(C)C=CC=CC1N(COC(C)C)C(=O)CCl. The van der Waals surface area contributed by atoms with Gasteiger partial charge in [-0.2, -0.15) is 0 Å². The first-order valence-electron chi connectivity index (χ1n) is 6.33. The molecule has 0 aromatic heterocycles. The van der Waals surface area contributed by atoms with Crippen molar-refractivity contribution in [2.24, 2.45) is 0 Å². The van der Waals surface area contributed by atoms with E-state index in [1.807, 2.05) is 45.1 Å². The third-order valence-electron chi connectivity index (χ3n) is 3.18. The molecule has 4 nitrogen and oxygen atoms in total. The van der Waals surface area contributed by atoms with Gasteiger partial charge in [-0.15, -0.1) is 11.6 Å². The van der Waals surface area contributed by atoms with Crippen molar-refractivity contribution in [2.45, 2.75) is 38.5 Å². The van der Waals surface area contributed by atoms with Crippen LogP contribution in [0.3, 0.4) is 0 Å². The zero-order chi connectivity index (χ0) is 14.5. The maximum atomic E-state index is 12.0. The second kappa shape index (κ2) is 7.08. The van der Waals surface area contributed by atoms with Crippen LogP contribution in [0.25, 0.3) is 0 Å². The first kappa shape index (κ1) is 16.2. The standard InChI is InChI=1S/C14H22ClNO3/c1-11(2)19-10-16(13(17)9-15)12-7-5-6-8-14(12,3)18-4/h5-8,11-12H,9-10H2,1-4H3. The molecule has 2 unspecified atom stereocenters. The first-order valence-corrected chi connectivity index (χ1v) is 6.86. The van der Waals surface area contributed by atoms with Gasteiger partial charge in [0, 0.05) is 7.11 Å². The van der Waals surface area contributed by atoms with Crippen LogP contribution in [0.4, 0.5) is 0 Å². The molecule has 0 aliphatic heterocycles.